The van der Waals surface area contributed by atoms with Gasteiger partial charge in [0.05, 0.1) is 13.2 Å². The summed E-state index contributed by atoms with van der Waals surface area (Å²) in [5.41, 5.74) is 3.90. The zero-order chi connectivity index (χ0) is 19.1. The van der Waals surface area contributed by atoms with Gasteiger partial charge in [0.2, 0.25) is 0 Å². The maximum Gasteiger partial charge on any atom is 0.254 e. The zero-order valence-electron chi connectivity index (χ0n) is 15.3. The Morgan fingerprint density at radius 3 is 2.74 bits per heavy atom. The van der Waals surface area contributed by atoms with Gasteiger partial charge in [0.25, 0.3) is 5.91 Å². The van der Waals surface area contributed by atoms with E-state index >= 15 is 0 Å². The molecule has 0 saturated carbocycles. The molecule has 0 saturated heterocycles. The van der Waals surface area contributed by atoms with Crippen LogP contribution in [-0.2, 0) is 13.1 Å². The number of thiazole rings is 1. The first-order chi connectivity index (χ1) is 13.2. The Bertz CT molecular complexity index is 863. The Hall–Kier alpha value is -2.70. The molecule has 0 spiro atoms. The van der Waals surface area contributed by atoms with Crippen molar-refractivity contribution in [1.29, 1.82) is 0 Å². The SMILES string of the molecule is Cc1ccc(CNc2cccc(C(=O)N(CCO)Cc3nccs3)c2)cc1. The van der Waals surface area contributed by atoms with E-state index in [1.54, 1.807) is 17.2 Å². The van der Waals surface area contributed by atoms with Gasteiger partial charge in [-0.15, -0.1) is 11.3 Å². The van der Waals surface area contributed by atoms with E-state index in [0.29, 0.717) is 18.7 Å². The van der Waals surface area contributed by atoms with E-state index in [-0.39, 0.29) is 19.1 Å². The van der Waals surface area contributed by atoms with Gasteiger partial charge in [-0.3, -0.25) is 4.79 Å². The number of aromatic nitrogens is 1. The summed E-state index contributed by atoms with van der Waals surface area (Å²) >= 11 is 1.50. The molecule has 1 amide bonds. The summed E-state index contributed by atoms with van der Waals surface area (Å²) in [5.74, 6) is -0.113. The molecule has 5 nitrogen and oxygen atoms in total. The number of nitrogens with one attached hydrogen (secondary N) is 1. The molecular weight excluding hydrogens is 358 g/mol. The minimum absolute atomic E-state index is 0.0809. The van der Waals surface area contributed by atoms with Gasteiger partial charge in [-0.1, -0.05) is 35.9 Å². The van der Waals surface area contributed by atoms with Gasteiger partial charge in [-0.2, -0.15) is 0 Å². The second-order valence-corrected chi connectivity index (χ2v) is 7.28. The monoisotopic (exact) mass is 381 g/mol. The van der Waals surface area contributed by atoms with Crippen LogP contribution in [0.5, 0.6) is 0 Å². The van der Waals surface area contributed by atoms with Crippen molar-refractivity contribution >= 4 is 22.9 Å². The average Bonchev–Trinajstić information content (AvgIpc) is 3.20. The standard InChI is InChI=1S/C21H23N3O2S/c1-16-5-7-17(8-6-16)14-23-19-4-2-3-18(13-19)21(26)24(10-11-25)15-20-22-9-12-27-20/h2-9,12-13,23,25H,10-11,14-15H2,1H3. The number of anilines is 1. The summed E-state index contributed by atoms with van der Waals surface area (Å²) in [4.78, 5) is 18.7. The number of rotatable bonds is 8. The molecule has 0 bridgehead atoms. The second-order valence-electron chi connectivity index (χ2n) is 6.30. The van der Waals surface area contributed by atoms with Crippen molar-refractivity contribution in [2.45, 2.75) is 20.0 Å². The topological polar surface area (TPSA) is 65.5 Å². The highest BCUT2D eigenvalue weighted by atomic mass is 32.1. The number of carbonyl (C=O) groups excluding carboxylic acids is 1. The molecule has 0 aliphatic carbocycles. The molecule has 2 aromatic carbocycles. The predicted molar refractivity (Wildman–Crippen MR) is 109 cm³/mol. The molecule has 0 fully saturated rings. The highest BCUT2D eigenvalue weighted by molar-refractivity contribution is 7.09. The fourth-order valence-electron chi connectivity index (χ4n) is 2.72. The van der Waals surface area contributed by atoms with Crippen LogP contribution in [0.2, 0.25) is 0 Å². The van der Waals surface area contributed by atoms with Crippen molar-refractivity contribution in [2.24, 2.45) is 0 Å². The number of nitrogens with zero attached hydrogens (tertiary/aromatic N) is 2. The largest absolute Gasteiger partial charge is 0.395 e. The van der Waals surface area contributed by atoms with Gasteiger partial charge >= 0.3 is 0 Å². The predicted octanol–water partition coefficient (Wildman–Crippen LogP) is 3.70. The summed E-state index contributed by atoms with van der Waals surface area (Å²) in [7, 11) is 0. The first-order valence-electron chi connectivity index (χ1n) is 8.83. The Kier molecular flexibility index (Phi) is 6.57. The number of aliphatic hydroxyl groups excluding tert-OH is 1. The second kappa shape index (κ2) is 9.30. The minimum atomic E-state index is -0.113. The molecule has 0 aliphatic rings. The normalized spacial score (nSPS) is 10.6. The third-order valence-electron chi connectivity index (χ3n) is 4.19. The molecule has 0 radical (unpaired) electrons. The lowest BCUT2D eigenvalue weighted by Crippen LogP contribution is -2.33. The van der Waals surface area contributed by atoms with Crippen molar-refractivity contribution in [1.82, 2.24) is 9.88 Å². The summed E-state index contributed by atoms with van der Waals surface area (Å²) in [6, 6.07) is 15.8. The summed E-state index contributed by atoms with van der Waals surface area (Å²) < 4.78 is 0. The molecule has 27 heavy (non-hydrogen) atoms. The van der Waals surface area contributed by atoms with Gasteiger partial charge < -0.3 is 15.3 Å². The van der Waals surface area contributed by atoms with Gasteiger partial charge in [0.1, 0.15) is 5.01 Å². The fraction of sp³-hybridized carbons (Fsp3) is 0.238. The first kappa shape index (κ1) is 19.1. The van der Waals surface area contributed by atoms with Crippen LogP contribution in [0.15, 0.2) is 60.1 Å². The smallest absolute Gasteiger partial charge is 0.254 e. The summed E-state index contributed by atoms with van der Waals surface area (Å²) in [6.45, 7) is 3.35. The number of amides is 1. The molecule has 2 N–H and O–H groups in total. The lowest BCUT2D eigenvalue weighted by Gasteiger charge is -2.21. The molecule has 0 unspecified atom stereocenters. The third kappa shape index (κ3) is 5.39. The molecule has 3 aromatic rings. The molecule has 1 aromatic heterocycles. The summed E-state index contributed by atoms with van der Waals surface area (Å²) in [5, 5.41) is 15.4. The van der Waals surface area contributed by atoms with E-state index in [0.717, 1.165) is 10.7 Å². The molecule has 0 aliphatic heterocycles. The van der Waals surface area contributed by atoms with Crippen molar-refractivity contribution in [3.8, 4) is 0 Å². The molecule has 6 heteroatoms. The Balaban J connectivity index is 1.68. The average molecular weight is 382 g/mol. The third-order valence-corrected chi connectivity index (χ3v) is 4.96. The van der Waals surface area contributed by atoms with Crippen LogP contribution >= 0.6 is 11.3 Å². The number of hydrogen-bond donors (Lipinski definition) is 2. The maximum absolute atomic E-state index is 12.9. The number of aryl methyl sites for hydroxylation is 1. The van der Waals surface area contributed by atoms with Gasteiger partial charge in [0, 0.05) is 35.9 Å². The highest BCUT2D eigenvalue weighted by Gasteiger charge is 2.17. The van der Waals surface area contributed by atoms with Crippen LogP contribution in [0.25, 0.3) is 0 Å². The minimum Gasteiger partial charge on any atom is -0.395 e. The van der Waals surface area contributed by atoms with E-state index in [2.05, 4.69) is 41.5 Å². The van der Waals surface area contributed by atoms with Crippen molar-refractivity contribution in [2.75, 3.05) is 18.5 Å². The van der Waals surface area contributed by atoms with Crippen LogP contribution in [0, 0.1) is 6.92 Å². The van der Waals surface area contributed by atoms with Crippen LogP contribution in [0.3, 0.4) is 0 Å². The highest BCUT2D eigenvalue weighted by Crippen LogP contribution is 2.16. The maximum atomic E-state index is 12.9. The van der Waals surface area contributed by atoms with Crippen LogP contribution < -0.4 is 5.32 Å². The van der Waals surface area contributed by atoms with Gasteiger partial charge in [-0.05, 0) is 30.7 Å². The lowest BCUT2D eigenvalue weighted by molar-refractivity contribution is 0.0707. The number of carbonyl (C=O) groups is 1. The van der Waals surface area contributed by atoms with Gasteiger partial charge in [-0.25, -0.2) is 4.98 Å². The Morgan fingerprint density at radius 1 is 1.22 bits per heavy atom. The van der Waals surface area contributed by atoms with Crippen molar-refractivity contribution < 1.29 is 9.90 Å². The summed E-state index contributed by atoms with van der Waals surface area (Å²) in [6.07, 6.45) is 1.72. The molecule has 0 atom stereocenters. The molecular formula is C21H23N3O2S. The van der Waals surface area contributed by atoms with Crippen molar-refractivity contribution in [3.63, 3.8) is 0 Å². The number of hydrogen-bond acceptors (Lipinski definition) is 5. The first-order valence-corrected chi connectivity index (χ1v) is 9.71. The zero-order valence-corrected chi connectivity index (χ0v) is 16.1. The quantitative estimate of drug-likeness (QED) is 0.624. The lowest BCUT2D eigenvalue weighted by atomic mass is 10.1. The molecule has 1 heterocycles. The fourth-order valence-corrected chi connectivity index (χ4v) is 3.35. The van der Waals surface area contributed by atoms with E-state index in [9.17, 15) is 9.90 Å². The number of aliphatic hydroxyl groups is 1. The van der Waals surface area contributed by atoms with E-state index in [4.69, 9.17) is 0 Å². The van der Waals surface area contributed by atoms with Crippen molar-refractivity contribution in [3.05, 3.63) is 81.8 Å². The molecule has 3 rings (SSSR count). The van der Waals surface area contributed by atoms with Crippen LogP contribution in [0.1, 0.15) is 26.5 Å². The van der Waals surface area contributed by atoms with E-state index < -0.39 is 0 Å². The van der Waals surface area contributed by atoms with Crippen LogP contribution in [-0.4, -0.2) is 34.0 Å². The van der Waals surface area contributed by atoms with Gasteiger partial charge in [0.15, 0.2) is 0 Å². The van der Waals surface area contributed by atoms with E-state index in [1.165, 1.54) is 22.5 Å². The Morgan fingerprint density at radius 2 is 2.04 bits per heavy atom. The molecule has 140 valence electrons. The van der Waals surface area contributed by atoms with Crippen LogP contribution in [0.4, 0.5) is 5.69 Å². The number of benzene rings is 2. The van der Waals surface area contributed by atoms with E-state index in [1.807, 2.05) is 23.6 Å². The Labute approximate surface area is 163 Å².